The van der Waals surface area contributed by atoms with Crippen molar-refractivity contribution in [1.29, 1.82) is 0 Å². The zero-order valence-electron chi connectivity index (χ0n) is 13.5. The molecule has 2 aliphatic rings. The molecule has 3 rings (SSSR count). The molecule has 0 spiro atoms. The highest BCUT2D eigenvalue weighted by Gasteiger charge is 2.23. The minimum absolute atomic E-state index is 0.0480. The fourth-order valence-electron chi connectivity index (χ4n) is 3.07. The second-order valence-electron chi connectivity index (χ2n) is 6.08. The van der Waals surface area contributed by atoms with Crippen LogP contribution in [0.3, 0.4) is 0 Å². The van der Waals surface area contributed by atoms with Crippen LogP contribution in [0.25, 0.3) is 0 Å². The van der Waals surface area contributed by atoms with Gasteiger partial charge in [0, 0.05) is 38.2 Å². The fraction of sp³-hybridized carbons (Fsp3) is 0.733. The lowest BCUT2D eigenvalue weighted by molar-refractivity contribution is -0.121. The molecule has 0 radical (unpaired) electrons. The molecule has 7 nitrogen and oxygen atoms in total. The second-order valence-corrected chi connectivity index (χ2v) is 7.12. The molecule has 2 amide bonds. The summed E-state index contributed by atoms with van der Waals surface area (Å²) in [6, 6.07) is -0.162. The van der Waals surface area contributed by atoms with E-state index in [0.717, 1.165) is 49.8 Å². The Balaban J connectivity index is 1.54. The molecule has 1 saturated heterocycles. The first-order chi connectivity index (χ1) is 11.1. The smallest absolute Gasteiger partial charge is 0.281 e. The number of nitrogens with zero attached hydrogens (tertiary/aromatic N) is 4. The summed E-state index contributed by atoms with van der Waals surface area (Å²) >= 11 is 1.32. The van der Waals surface area contributed by atoms with Crippen molar-refractivity contribution >= 4 is 22.9 Å². The van der Waals surface area contributed by atoms with Gasteiger partial charge in [0.1, 0.15) is 5.82 Å². The second kappa shape index (κ2) is 7.33. The predicted molar refractivity (Wildman–Crippen MR) is 88.2 cm³/mol. The van der Waals surface area contributed by atoms with Gasteiger partial charge < -0.3 is 14.8 Å². The number of amides is 2. The van der Waals surface area contributed by atoms with Gasteiger partial charge in [-0.1, -0.05) is 18.2 Å². The molecule has 1 atom stereocenters. The number of nitrogens with one attached hydrogen (secondary N) is 1. The van der Waals surface area contributed by atoms with E-state index in [4.69, 9.17) is 0 Å². The van der Waals surface area contributed by atoms with E-state index in [1.165, 1.54) is 18.2 Å². The maximum Gasteiger partial charge on any atom is 0.281 e. The third kappa shape index (κ3) is 3.85. The van der Waals surface area contributed by atoms with Gasteiger partial charge in [-0.2, -0.15) is 0 Å². The largest absolute Gasteiger partial charge is 0.346 e. The minimum Gasteiger partial charge on any atom is -0.346 e. The van der Waals surface area contributed by atoms with Crippen molar-refractivity contribution in [2.75, 3.05) is 18.8 Å². The topological polar surface area (TPSA) is 80.1 Å². The van der Waals surface area contributed by atoms with Crippen molar-refractivity contribution in [3.05, 3.63) is 11.6 Å². The van der Waals surface area contributed by atoms with Crippen LogP contribution in [0.1, 0.15) is 50.3 Å². The lowest BCUT2D eigenvalue weighted by atomic mass is 10.2. The molecule has 3 heterocycles. The van der Waals surface area contributed by atoms with Crippen molar-refractivity contribution in [1.82, 2.24) is 25.0 Å². The van der Waals surface area contributed by atoms with E-state index < -0.39 is 0 Å². The Morgan fingerprint density at radius 3 is 2.96 bits per heavy atom. The number of aromatic nitrogens is 3. The van der Waals surface area contributed by atoms with Crippen LogP contribution in [0.15, 0.2) is 0 Å². The molecule has 1 fully saturated rings. The number of carbonyl (C=O) groups is 2. The number of thioether (sulfide) groups is 1. The third-order valence-corrected chi connectivity index (χ3v) is 5.25. The molecule has 0 aliphatic carbocycles. The van der Waals surface area contributed by atoms with E-state index in [9.17, 15) is 9.59 Å². The van der Waals surface area contributed by atoms with Gasteiger partial charge in [0.05, 0.1) is 6.04 Å². The molecular formula is C15H23N5O2S. The summed E-state index contributed by atoms with van der Waals surface area (Å²) in [6.07, 6.45) is 4.79. The maximum absolute atomic E-state index is 12.1. The molecule has 23 heavy (non-hydrogen) atoms. The van der Waals surface area contributed by atoms with Gasteiger partial charge >= 0.3 is 0 Å². The molecule has 1 aromatic rings. The summed E-state index contributed by atoms with van der Waals surface area (Å²) in [7, 11) is 0. The summed E-state index contributed by atoms with van der Waals surface area (Å²) < 4.78 is 2.15. The number of hydrogen-bond donors (Lipinski definition) is 1. The zero-order valence-corrected chi connectivity index (χ0v) is 14.3. The lowest BCUT2D eigenvalue weighted by Crippen LogP contribution is -2.33. The molecule has 0 unspecified atom stereocenters. The quantitative estimate of drug-likeness (QED) is 0.885. The Morgan fingerprint density at radius 2 is 2.17 bits per heavy atom. The first kappa shape index (κ1) is 16.3. The highest BCUT2D eigenvalue weighted by atomic mass is 32.2. The third-order valence-electron chi connectivity index (χ3n) is 4.36. The maximum atomic E-state index is 12.1. The number of aryl methyl sites for hydroxylation is 1. The van der Waals surface area contributed by atoms with Crippen molar-refractivity contribution in [2.45, 2.75) is 51.6 Å². The number of fused-ring (bicyclic) bond motifs is 1. The molecule has 0 aromatic carbocycles. The predicted octanol–water partition coefficient (Wildman–Crippen LogP) is 1.74. The monoisotopic (exact) mass is 337 g/mol. The van der Waals surface area contributed by atoms with Crippen LogP contribution in [-0.4, -0.2) is 49.7 Å². The van der Waals surface area contributed by atoms with E-state index in [2.05, 4.69) is 20.1 Å². The van der Waals surface area contributed by atoms with Crippen LogP contribution in [0.4, 0.5) is 4.79 Å². The standard InChI is InChI=1S/C15H23N5O2S/c1-11(14-18-17-12-5-3-2-4-7-20(12)14)16-13(21)6-8-19-9-10-23-15(19)22/h11H,2-10H2,1H3,(H,16,21)/t11-/m0/s1. The summed E-state index contributed by atoms with van der Waals surface area (Å²) in [5, 5.41) is 11.6. The van der Waals surface area contributed by atoms with Crippen molar-refractivity contribution < 1.29 is 9.59 Å². The highest BCUT2D eigenvalue weighted by molar-refractivity contribution is 8.13. The van der Waals surface area contributed by atoms with Crippen molar-refractivity contribution in [3.63, 3.8) is 0 Å². The zero-order chi connectivity index (χ0) is 16.2. The van der Waals surface area contributed by atoms with Gasteiger partial charge in [0.2, 0.25) is 5.91 Å². The Hall–Kier alpha value is -1.57. The van der Waals surface area contributed by atoms with Gasteiger partial charge in [0.25, 0.3) is 5.24 Å². The molecule has 0 bridgehead atoms. The van der Waals surface area contributed by atoms with E-state index in [-0.39, 0.29) is 17.2 Å². The van der Waals surface area contributed by atoms with E-state index in [1.54, 1.807) is 4.90 Å². The van der Waals surface area contributed by atoms with Crippen LogP contribution in [0.2, 0.25) is 0 Å². The summed E-state index contributed by atoms with van der Waals surface area (Å²) in [4.78, 5) is 25.4. The normalized spacial score (nSPS) is 19.3. The van der Waals surface area contributed by atoms with Gasteiger partial charge in [-0.25, -0.2) is 0 Å². The fourth-order valence-corrected chi connectivity index (χ4v) is 3.92. The molecular weight excluding hydrogens is 314 g/mol. The number of rotatable bonds is 5. The van der Waals surface area contributed by atoms with E-state index in [1.807, 2.05) is 6.92 Å². The minimum atomic E-state index is -0.162. The van der Waals surface area contributed by atoms with Gasteiger partial charge in [-0.15, -0.1) is 10.2 Å². The first-order valence-electron chi connectivity index (χ1n) is 8.28. The summed E-state index contributed by atoms with van der Waals surface area (Å²) in [5.41, 5.74) is 0. The molecule has 1 N–H and O–H groups in total. The van der Waals surface area contributed by atoms with Crippen molar-refractivity contribution in [2.24, 2.45) is 0 Å². The average Bonchev–Trinajstić information content (AvgIpc) is 3.05. The lowest BCUT2D eigenvalue weighted by Gasteiger charge is -2.17. The Bertz CT molecular complexity index is 588. The Kier molecular flexibility index (Phi) is 5.20. The molecule has 8 heteroatoms. The van der Waals surface area contributed by atoms with Gasteiger partial charge in [-0.3, -0.25) is 9.59 Å². The first-order valence-corrected chi connectivity index (χ1v) is 9.27. The number of carbonyl (C=O) groups excluding carboxylic acids is 2. The Morgan fingerprint density at radius 1 is 1.30 bits per heavy atom. The van der Waals surface area contributed by atoms with Crippen LogP contribution < -0.4 is 5.32 Å². The van der Waals surface area contributed by atoms with Crippen molar-refractivity contribution in [3.8, 4) is 0 Å². The van der Waals surface area contributed by atoms with E-state index in [0.29, 0.717) is 13.0 Å². The molecule has 0 saturated carbocycles. The highest BCUT2D eigenvalue weighted by Crippen LogP contribution is 2.19. The van der Waals surface area contributed by atoms with E-state index >= 15 is 0 Å². The van der Waals surface area contributed by atoms with Crippen LogP contribution >= 0.6 is 11.8 Å². The average molecular weight is 337 g/mol. The van der Waals surface area contributed by atoms with Crippen LogP contribution in [0.5, 0.6) is 0 Å². The summed E-state index contributed by atoms with van der Waals surface area (Å²) in [6.45, 7) is 4.10. The number of hydrogen-bond acceptors (Lipinski definition) is 5. The van der Waals surface area contributed by atoms with Gasteiger partial charge in [0.15, 0.2) is 5.82 Å². The molecule has 2 aliphatic heterocycles. The van der Waals surface area contributed by atoms with Crippen LogP contribution in [0, 0.1) is 0 Å². The van der Waals surface area contributed by atoms with Crippen LogP contribution in [-0.2, 0) is 17.8 Å². The van der Waals surface area contributed by atoms with Gasteiger partial charge in [-0.05, 0) is 19.8 Å². The SMILES string of the molecule is C[C@H](NC(=O)CCN1CCSC1=O)c1nnc2n1CCCCC2. The molecule has 126 valence electrons. The summed E-state index contributed by atoms with van der Waals surface area (Å²) in [5.74, 6) is 2.64. The Labute approximate surface area is 140 Å². The molecule has 1 aromatic heterocycles.